The predicted octanol–water partition coefficient (Wildman–Crippen LogP) is 5.66. The molecule has 6 nitrogen and oxygen atoms in total. The van der Waals surface area contributed by atoms with Crippen molar-refractivity contribution >= 4 is 57.1 Å². The number of hydrogen-bond donors (Lipinski definition) is 1. The van der Waals surface area contributed by atoms with E-state index in [-0.39, 0.29) is 16.3 Å². The summed E-state index contributed by atoms with van der Waals surface area (Å²) in [6.07, 6.45) is 1.42. The fourth-order valence-electron chi connectivity index (χ4n) is 3.36. The first-order chi connectivity index (χ1) is 15.8. The summed E-state index contributed by atoms with van der Waals surface area (Å²) in [6, 6.07) is 18.8. The minimum absolute atomic E-state index is 0.185. The van der Waals surface area contributed by atoms with Crippen molar-refractivity contribution < 1.29 is 19.1 Å². The number of benzene rings is 3. The maximum Gasteiger partial charge on any atom is 0.335 e. The molecule has 0 atom stereocenters. The van der Waals surface area contributed by atoms with Crippen LogP contribution in [-0.2, 0) is 16.2 Å². The topological polar surface area (TPSA) is 75.7 Å². The quantitative estimate of drug-likeness (QED) is 0.345. The van der Waals surface area contributed by atoms with E-state index in [0.717, 1.165) is 16.0 Å². The Morgan fingerprint density at radius 1 is 1.03 bits per heavy atom. The molecule has 0 aromatic heterocycles. The standard InChI is InChI=1S/C25H18BrClN2O4/c1-15-5-4-6-17(11-15)14-33-22-10-9-16(13-19(22)26)12-18-23(30)28-25(32)29(24(18)31)21-8-3-2-7-20(21)27/h2-13H,14H2,1H3,(H,28,30,32)/b18-12+. The Labute approximate surface area is 203 Å². The van der Waals surface area contributed by atoms with E-state index >= 15 is 0 Å². The molecule has 1 saturated heterocycles. The van der Waals surface area contributed by atoms with Gasteiger partial charge in [0.15, 0.2) is 0 Å². The maximum atomic E-state index is 13.0. The summed E-state index contributed by atoms with van der Waals surface area (Å²) < 4.78 is 6.55. The van der Waals surface area contributed by atoms with Gasteiger partial charge in [-0.3, -0.25) is 14.9 Å². The molecule has 1 heterocycles. The van der Waals surface area contributed by atoms with Crippen molar-refractivity contribution in [1.82, 2.24) is 5.32 Å². The van der Waals surface area contributed by atoms with Crippen molar-refractivity contribution in [3.63, 3.8) is 0 Å². The average molecular weight is 526 g/mol. The molecule has 4 rings (SSSR count). The highest BCUT2D eigenvalue weighted by Gasteiger charge is 2.37. The molecule has 0 aliphatic carbocycles. The van der Waals surface area contributed by atoms with Crippen LogP contribution in [0.15, 0.2) is 76.8 Å². The molecule has 0 saturated carbocycles. The summed E-state index contributed by atoms with van der Waals surface area (Å²) in [5, 5.41) is 2.40. The monoisotopic (exact) mass is 524 g/mol. The van der Waals surface area contributed by atoms with Crippen molar-refractivity contribution in [2.24, 2.45) is 0 Å². The first kappa shape index (κ1) is 22.8. The molecule has 1 aliphatic rings. The molecular formula is C25H18BrClN2O4. The van der Waals surface area contributed by atoms with Crippen molar-refractivity contribution in [3.8, 4) is 5.75 Å². The number of para-hydroxylation sites is 1. The van der Waals surface area contributed by atoms with Crippen molar-refractivity contribution in [2.75, 3.05) is 4.90 Å². The number of imide groups is 2. The zero-order chi connectivity index (χ0) is 23.5. The number of nitrogens with one attached hydrogen (secondary N) is 1. The third-order valence-corrected chi connectivity index (χ3v) is 5.88. The van der Waals surface area contributed by atoms with Crippen molar-refractivity contribution in [2.45, 2.75) is 13.5 Å². The lowest BCUT2D eigenvalue weighted by Crippen LogP contribution is -2.54. The predicted molar refractivity (Wildman–Crippen MR) is 130 cm³/mol. The van der Waals surface area contributed by atoms with Crippen LogP contribution in [0.3, 0.4) is 0 Å². The van der Waals surface area contributed by atoms with Gasteiger partial charge in [-0.25, -0.2) is 9.69 Å². The Morgan fingerprint density at radius 2 is 1.82 bits per heavy atom. The van der Waals surface area contributed by atoms with Gasteiger partial charge in [-0.1, -0.05) is 59.6 Å². The second kappa shape index (κ2) is 9.60. The van der Waals surface area contributed by atoms with Crippen LogP contribution < -0.4 is 15.0 Å². The zero-order valence-corrected chi connectivity index (χ0v) is 19.8. The van der Waals surface area contributed by atoms with Gasteiger partial charge in [0.05, 0.1) is 15.2 Å². The summed E-state index contributed by atoms with van der Waals surface area (Å²) in [7, 11) is 0. The summed E-state index contributed by atoms with van der Waals surface area (Å²) in [5.41, 5.74) is 2.78. The van der Waals surface area contributed by atoms with Gasteiger partial charge in [0.1, 0.15) is 17.9 Å². The first-order valence-corrected chi connectivity index (χ1v) is 11.1. The number of halogens is 2. The molecule has 1 fully saturated rings. The smallest absolute Gasteiger partial charge is 0.335 e. The van der Waals surface area contributed by atoms with E-state index in [0.29, 0.717) is 22.4 Å². The highest BCUT2D eigenvalue weighted by molar-refractivity contribution is 9.10. The van der Waals surface area contributed by atoms with E-state index in [9.17, 15) is 14.4 Å². The maximum absolute atomic E-state index is 13.0. The number of barbiturate groups is 1. The number of aryl methyl sites for hydroxylation is 1. The van der Waals surface area contributed by atoms with E-state index in [4.69, 9.17) is 16.3 Å². The Bertz CT molecular complexity index is 1310. The molecule has 0 radical (unpaired) electrons. The summed E-state index contributed by atoms with van der Waals surface area (Å²) >= 11 is 9.63. The zero-order valence-electron chi connectivity index (χ0n) is 17.5. The van der Waals surface area contributed by atoms with Crippen LogP contribution in [-0.4, -0.2) is 17.8 Å². The number of carbonyl (C=O) groups is 3. The van der Waals surface area contributed by atoms with Gasteiger partial charge in [0.2, 0.25) is 0 Å². The number of rotatable bonds is 5. The van der Waals surface area contributed by atoms with Gasteiger partial charge < -0.3 is 4.74 Å². The summed E-state index contributed by atoms with van der Waals surface area (Å²) in [4.78, 5) is 38.6. The lowest BCUT2D eigenvalue weighted by Gasteiger charge is -2.27. The van der Waals surface area contributed by atoms with Crippen LogP contribution in [0.4, 0.5) is 10.5 Å². The van der Waals surface area contributed by atoms with Crippen molar-refractivity contribution in [3.05, 3.63) is 98.5 Å². The molecule has 1 N–H and O–H groups in total. The average Bonchev–Trinajstić information content (AvgIpc) is 2.77. The number of nitrogens with zero attached hydrogens (tertiary/aromatic N) is 1. The largest absolute Gasteiger partial charge is 0.488 e. The molecule has 3 aromatic carbocycles. The van der Waals surface area contributed by atoms with Crippen LogP contribution in [0, 0.1) is 6.92 Å². The highest BCUT2D eigenvalue weighted by Crippen LogP contribution is 2.31. The molecule has 0 bridgehead atoms. The van der Waals surface area contributed by atoms with Crippen molar-refractivity contribution in [1.29, 1.82) is 0 Å². The normalized spacial score (nSPS) is 15.1. The fourth-order valence-corrected chi connectivity index (χ4v) is 4.09. The van der Waals surface area contributed by atoms with Crippen LogP contribution in [0.5, 0.6) is 5.75 Å². The van der Waals surface area contributed by atoms with E-state index < -0.39 is 17.8 Å². The van der Waals surface area contributed by atoms with Gasteiger partial charge in [0, 0.05) is 0 Å². The van der Waals surface area contributed by atoms with Crippen LogP contribution in [0.1, 0.15) is 16.7 Å². The Kier molecular flexibility index (Phi) is 6.62. The molecule has 0 unspecified atom stereocenters. The lowest BCUT2D eigenvalue weighted by molar-refractivity contribution is -0.122. The third kappa shape index (κ3) is 4.99. The Balaban J connectivity index is 1.57. The van der Waals surface area contributed by atoms with Gasteiger partial charge in [-0.05, 0) is 64.3 Å². The summed E-state index contributed by atoms with van der Waals surface area (Å²) in [5.74, 6) is -0.914. The summed E-state index contributed by atoms with van der Waals surface area (Å²) in [6.45, 7) is 2.42. The number of urea groups is 1. The molecule has 1 aliphatic heterocycles. The number of anilines is 1. The second-order valence-electron chi connectivity index (χ2n) is 7.38. The Morgan fingerprint density at radius 3 is 2.55 bits per heavy atom. The van der Waals surface area contributed by atoms with Crippen LogP contribution >= 0.6 is 27.5 Å². The van der Waals surface area contributed by atoms with Gasteiger partial charge in [0.25, 0.3) is 11.8 Å². The molecule has 0 spiro atoms. The molecular weight excluding hydrogens is 508 g/mol. The number of carbonyl (C=O) groups excluding carboxylic acids is 3. The van der Waals surface area contributed by atoms with Gasteiger partial charge in [-0.15, -0.1) is 0 Å². The molecule has 33 heavy (non-hydrogen) atoms. The Hall–Kier alpha value is -3.42. The highest BCUT2D eigenvalue weighted by atomic mass is 79.9. The second-order valence-corrected chi connectivity index (χ2v) is 8.64. The fraction of sp³-hybridized carbons (Fsp3) is 0.0800. The van der Waals surface area contributed by atoms with Crippen LogP contribution in [0.2, 0.25) is 5.02 Å². The van der Waals surface area contributed by atoms with Gasteiger partial charge in [-0.2, -0.15) is 0 Å². The van der Waals surface area contributed by atoms with E-state index in [1.165, 1.54) is 12.1 Å². The van der Waals surface area contributed by atoms with E-state index in [1.54, 1.807) is 36.4 Å². The number of hydrogen-bond acceptors (Lipinski definition) is 4. The lowest BCUT2D eigenvalue weighted by atomic mass is 10.1. The first-order valence-electron chi connectivity index (χ1n) is 9.97. The SMILES string of the molecule is Cc1cccc(COc2ccc(/C=C3\C(=O)NC(=O)N(c4ccccc4Cl)C3=O)cc2Br)c1. The number of amides is 4. The molecule has 8 heteroatoms. The van der Waals surface area contributed by atoms with Crippen LogP contribution in [0.25, 0.3) is 6.08 Å². The van der Waals surface area contributed by atoms with E-state index in [2.05, 4.69) is 21.2 Å². The van der Waals surface area contributed by atoms with E-state index in [1.807, 2.05) is 31.2 Å². The minimum atomic E-state index is -0.851. The number of ether oxygens (including phenoxy) is 1. The molecule has 4 amide bonds. The molecule has 166 valence electrons. The van der Waals surface area contributed by atoms with Gasteiger partial charge >= 0.3 is 6.03 Å². The minimum Gasteiger partial charge on any atom is -0.488 e. The molecule has 3 aromatic rings. The third-order valence-electron chi connectivity index (χ3n) is 4.94.